The number of rotatable bonds is 14. The molecule has 13 heteroatoms. The molecule has 48 heavy (non-hydrogen) atoms. The zero-order chi connectivity index (χ0) is 34.9. The van der Waals surface area contributed by atoms with Crippen LogP contribution in [-0.4, -0.2) is 77.5 Å². The van der Waals surface area contributed by atoms with Gasteiger partial charge in [0.15, 0.2) is 25.6 Å². The third-order valence-corrected chi connectivity index (χ3v) is 16.3. The molecule has 1 aliphatic heterocycles. The number of fused-ring (bicyclic) bond motifs is 1. The fourth-order valence-corrected chi connectivity index (χ4v) is 7.66. The van der Waals surface area contributed by atoms with Crippen LogP contribution in [0.15, 0.2) is 42.7 Å². The Morgan fingerprint density at radius 1 is 1.00 bits per heavy atom. The van der Waals surface area contributed by atoms with E-state index in [-0.39, 0.29) is 17.0 Å². The van der Waals surface area contributed by atoms with Crippen molar-refractivity contribution in [3.8, 4) is 22.5 Å². The average molecular weight is 691 g/mol. The second-order valence-electron chi connectivity index (χ2n) is 16.1. The molecule has 1 saturated heterocycles. The second kappa shape index (κ2) is 13.8. The Labute approximate surface area is 287 Å². The highest BCUT2D eigenvalue weighted by molar-refractivity contribution is 6.76. The predicted molar refractivity (Wildman–Crippen MR) is 197 cm³/mol. The van der Waals surface area contributed by atoms with Gasteiger partial charge in [-0.05, 0) is 54.6 Å². The van der Waals surface area contributed by atoms with Gasteiger partial charge >= 0.3 is 6.03 Å². The smallest absolute Gasteiger partial charge is 0.323 e. The van der Waals surface area contributed by atoms with Crippen LogP contribution in [0.2, 0.25) is 43.8 Å². The molecule has 0 aliphatic carbocycles. The number of ether oxygens (including phenoxy) is 1. The zero-order valence-electron chi connectivity index (χ0n) is 30.5. The van der Waals surface area contributed by atoms with E-state index >= 15 is 0 Å². The van der Waals surface area contributed by atoms with Crippen molar-refractivity contribution in [3.63, 3.8) is 0 Å². The van der Waals surface area contributed by atoms with Crippen molar-refractivity contribution >= 4 is 33.9 Å². The molecule has 0 spiro atoms. The third kappa shape index (κ3) is 7.74. The molecule has 0 unspecified atom stereocenters. The largest absolute Gasteiger partial charge is 0.417 e. The maximum atomic E-state index is 13.4. The van der Waals surface area contributed by atoms with E-state index in [1.54, 1.807) is 4.52 Å². The van der Waals surface area contributed by atoms with Crippen LogP contribution in [0.4, 0.5) is 10.6 Å². The number of hydrogen-bond acceptors (Lipinski definition) is 7. The van der Waals surface area contributed by atoms with Crippen molar-refractivity contribution in [1.29, 1.82) is 0 Å². The quantitative estimate of drug-likeness (QED) is 0.102. The van der Waals surface area contributed by atoms with Crippen LogP contribution in [0, 0.1) is 5.92 Å². The minimum Gasteiger partial charge on any atom is -0.417 e. The van der Waals surface area contributed by atoms with Crippen molar-refractivity contribution in [2.24, 2.45) is 5.92 Å². The zero-order valence-corrected chi connectivity index (χ0v) is 32.5. The van der Waals surface area contributed by atoms with Gasteiger partial charge < -0.3 is 14.5 Å². The molecule has 0 saturated carbocycles. The van der Waals surface area contributed by atoms with Crippen LogP contribution >= 0.6 is 0 Å². The maximum Gasteiger partial charge on any atom is 0.323 e. The number of benzene rings is 1. The Hall–Kier alpha value is -3.40. The molecule has 4 heterocycles. The lowest BCUT2D eigenvalue weighted by atomic mass is 9.81. The van der Waals surface area contributed by atoms with Crippen molar-refractivity contribution in [2.45, 2.75) is 103 Å². The highest BCUT2D eigenvalue weighted by atomic mass is 28.4. The van der Waals surface area contributed by atoms with E-state index in [1.807, 2.05) is 47.6 Å². The molecule has 260 valence electrons. The summed E-state index contributed by atoms with van der Waals surface area (Å²) in [5, 5.41) is 15.3. The van der Waals surface area contributed by atoms with Crippen LogP contribution in [0.1, 0.15) is 53.3 Å². The van der Waals surface area contributed by atoms with Gasteiger partial charge in [-0.2, -0.15) is 10.2 Å². The highest BCUT2D eigenvalue weighted by Crippen LogP contribution is 2.39. The van der Waals surface area contributed by atoms with Crippen molar-refractivity contribution in [3.05, 3.63) is 48.5 Å². The summed E-state index contributed by atoms with van der Waals surface area (Å²) >= 11 is 0. The number of carbonyl (C=O) groups excluding carboxylic acids is 1. The highest BCUT2D eigenvalue weighted by Gasteiger charge is 2.49. The Balaban J connectivity index is 1.33. The molecule has 1 aliphatic rings. The van der Waals surface area contributed by atoms with Gasteiger partial charge in [0.25, 0.3) is 0 Å². The first-order valence-corrected chi connectivity index (χ1v) is 23.8. The molecule has 1 aromatic carbocycles. The van der Waals surface area contributed by atoms with Gasteiger partial charge in [0.05, 0.1) is 11.7 Å². The fourth-order valence-electron chi connectivity index (χ4n) is 5.82. The number of hydrogen-bond donors (Lipinski definition) is 2. The van der Waals surface area contributed by atoms with Gasteiger partial charge in [-0.25, -0.2) is 19.3 Å². The first-order chi connectivity index (χ1) is 22.5. The third-order valence-electron chi connectivity index (χ3n) is 10.1. The number of H-pyrrole nitrogens is 1. The molecule has 2 amide bonds. The van der Waals surface area contributed by atoms with E-state index in [4.69, 9.17) is 14.1 Å². The number of aromatic nitrogens is 6. The molecule has 2 N–H and O–H groups in total. The van der Waals surface area contributed by atoms with E-state index in [9.17, 15) is 4.79 Å². The van der Waals surface area contributed by atoms with Gasteiger partial charge in [0.2, 0.25) is 0 Å². The average Bonchev–Trinajstić information content (AvgIpc) is 3.74. The molecule has 0 radical (unpaired) electrons. The van der Waals surface area contributed by atoms with E-state index in [0.29, 0.717) is 37.0 Å². The summed E-state index contributed by atoms with van der Waals surface area (Å²) in [7, 11) is -2.99. The number of anilines is 1. The summed E-state index contributed by atoms with van der Waals surface area (Å²) in [5.41, 5.74) is 3.02. The van der Waals surface area contributed by atoms with Crippen LogP contribution in [-0.2, 0) is 15.8 Å². The second-order valence-corrected chi connectivity index (χ2v) is 26.6. The fraction of sp³-hybridized carbons (Fsp3) is 0.571. The van der Waals surface area contributed by atoms with Gasteiger partial charge in [0, 0.05) is 45.2 Å². The molecule has 0 bridgehead atoms. The molecule has 3 aromatic heterocycles. The molecule has 1 atom stereocenters. The van der Waals surface area contributed by atoms with Crippen molar-refractivity contribution in [1.82, 2.24) is 35.1 Å². The van der Waals surface area contributed by atoms with E-state index in [2.05, 4.69) is 93.0 Å². The lowest BCUT2D eigenvalue weighted by Gasteiger charge is -2.41. The van der Waals surface area contributed by atoms with E-state index in [1.165, 1.54) is 0 Å². The maximum absolute atomic E-state index is 13.4. The Kier molecular flexibility index (Phi) is 10.4. The molecule has 4 aromatic rings. The monoisotopic (exact) mass is 690 g/mol. The summed E-state index contributed by atoms with van der Waals surface area (Å²) < 4.78 is 14.1. The van der Waals surface area contributed by atoms with Crippen LogP contribution in [0.25, 0.3) is 28.2 Å². The van der Waals surface area contributed by atoms with Crippen LogP contribution in [0.5, 0.6) is 0 Å². The summed E-state index contributed by atoms with van der Waals surface area (Å²) in [6.07, 6.45) is 5.38. The SMILES string of the molecule is CC(C)[C@@]1(CCCO[Si](C)(C)C(C)(C)C)CNC(=O)N1c1ccn2ncc(-c3ccc(-c4n[nH]c(COCC[Si](C)(C)C)n4)cc3)c2n1. The minimum absolute atomic E-state index is 0.122. The van der Waals surface area contributed by atoms with Gasteiger partial charge in [0.1, 0.15) is 12.4 Å². The summed E-state index contributed by atoms with van der Waals surface area (Å²) in [4.78, 5) is 25.0. The number of urea groups is 1. The lowest BCUT2D eigenvalue weighted by molar-refractivity contribution is 0.127. The molecule has 11 nitrogen and oxygen atoms in total. The predicted octanol–water partition coefficient (Wildman–Crippen LogP) is 7.76. The van der Waals surface area contributed by atoms with Crippen molar-refractivity contribution < 1.29 is 14.0 Å². The first kappa shape index (κ1) is 35.9. The molecule has 5 rings (SSSR count). The van der Waals surface area contributed by atoms with Gasteiger partial charge in [-0.3, -0.25) is 10.00 Å². The van der Waals surface area contributed by atoms with Gasteiger partial charge in [-0.15, -0.1) is 0 Å². The summed E-state index contributed by atoms with van der Waals surface area (Å²) in [5.74, 6) is 2.17. The van der Waals surface area contributed by atoms with Crippen LogP contribution < -0.4 is 10.2 Å². The molecular formula is C35H54N8O3Si2. The normalized spacial score (nSPS) is 17.6. The van der Waals surface area contributed by atoms with Gasteiger partial charge in [-0.1, -0.05) is 78.5 Å². The number of nitrogens with one attached hydrogen (secondary N) is 2. The number of amides is 2. The number of nitrogens with zero attached hydrogens (tertiary/aromatic N) is 6. The molecular weight excluding hydrogens is 637 g/mol. The lowest BCUT2D eigenvalue weighted by Crippen LogP contribution is -2.52. The number of carbonyl (C=O) groups is 1. The molecule has 1 fully saturated rings. The van der Waals surface area contributed by atoms with Crippen LogP contribution in [0.3, 0.4) is 0 Å². The Bertz CT molecular complexity index is 1710. The topological polar surface area (TPSA) is 123 Å². The Morgan fingerprint density at radius 3 is 2.38 bits per heavy atom. The standard InChI is InChI=1S/C35H54N8O3Si2/c1-25(2)35(17-11-19-46-48(9,10)34(3,4)5)24-36-33(44)43(35)30-16-18-42-32(39-30)28(22-37-42)26-12-14-27(15-13-26)31-38-29(40-41-31)23-45-20-21-47(6,7)8/h12-16,18,22,25H,11,17,19-21,23-24H2,1-10H3,(H,36,44)(H,38,40,41)/t35-/m1/s1. The first-order valence-electron chi connectivity index (χ1n) is 17.2. The number of aromatic amines is 1. The minimum atomic E-state index is -1.85. The summed E-state index contributed by atoms with van der Waals surface area (Å²) in [6.45, 7) is 25.1. The Morgan fingerprint density at radius 2 is 1.71 bits per heavy atom. The van der Waals surface area contributed by atoms with Crippen molar-refractivity contribution in [2.75, 3.05) is 24.7 Å². The van der Waals surface area contributed by atoms with E-state index < -0.39 is 21.9 Å². The summed E-state index contributed by atoms with van der Waals surface area (Å²) in [6, 6.07) is 11.0. The van der Waals surface area contributed by atoms with E-state index in [0.717, 1.165) is 48.0 Å².